The normalized spacial score (nSPS) is 23.4. The average molecular weight is 387 g/mol. The number of carbonyl (C=O) groups excluding carboxylic acids is 3. The van der Waals surface area contributed by atoms with Gasteiger partial charge in [-0.15, -0.1) is 11.3 Å². The summed E-state index contributed by atoms with van der Waals surface area (Å²) in [4.78, 5) is 45.3. The van der Waals surface area contributed by atoms with Crippen molar-refractivity contribution < 1.29 is 19.3 Å². The number of thiazole rings is 1. The van der Waals surface area contributed by atoms with Gasteiger partial charge in [-0.1, -0.05) is 26.0 Å². The lowest BCUT2D eigenvalue weighted by Gasteiger charge is -2.24. The van der Waals surface area contributed by atoms with Crippen molar-refractivity contribution in [1.82, 2.24) is 14.8 Å². The third kappa shape index (κ3) is 3.23. The minimum Gasteiger partial charge on any atom is -0.309 e. The molecule has 2 atom stereocenters. The Balaban J connectivity index is 1.53. The maximum atomic E-state index is 12.6. The first-order valence-electron chi connectivity index (χ1n) is 9.33. The smallest absolute Gasteiger partial charge is 0.309 e. The lowest BCUT2D eigenvalue weighted by Crippen LogP contribution is -3.12. The van der Waals surface area contributed by atoms with Crippen LogP contribution in [0.5, 0.6) is 0 Å². The number of aromatic nitrogens is 1. The highest BCUT2D eigenvalue weighted by Crippen LogP contribution is 2.28. The predicted molar refractivity (Wildman–Crippen MR) is 101 cm³/mol. The van der Waals surface area contributed by atoms with Gasteiger partial charge in [0.2, 0.25) is 0 Å². The van der Waals surface area contributed by atoms with E-state index >= 15 is 0 Å². The number of nitrogens with one attached hydrogen (secondary N) is 1. The molecule has 27 heavy (non-hydrogen) atoms. The van der Waals surface area contributed by atoms with E-state index in [0.717, 1.165) is 49.3 Å². The van der Waals surface area contributed by atoms with Crippen molar-refractivity contribution in [2.75, 3.05) is 19.8 Å². The van der Waals surface area contributed by atoms with Crippen molar-refractivity contribution in [2.45, 2.75) is 32.7 Å². The molecule has 4 rings (SSSR count). The van der Waals surface area contributed by atoms with Crippen LogP contribution in [-0.4, -0.2) is 52.4 Å². The van der Waals surface area contributed by atoms with E-state index in [9.17, 15) is 14.4 Å². The minimum atomic E-state index is -0.705. The highest BCUT2D eigenvalue weighted by atomic mass is 32.1. The number of carbonyl (C=O) groups is 3. The van der Waals surface area contributed by atoms with Crippen LogP contribution in [0.4, 0.5) is 4.79 Å². The van der Waals surface area contributed by atoms with Crippen LogP contribution in [0.25, 0.3) is 10.2 Å². The Morgan fingerprint density at radius 2 is 1.93 bits per heavy atom. The van der Waals surface area contributed by atoms with E-state index in [0.29, 0.717) is 0 Å². The largest absolute Gasteiger partial charge is 0.338 e. The van der Waals surface area contributed by atoms with E-state index in [1.165, 1.54) is 0 Å². The summed E-state index contributed by atoms with van der Waals surface area (Å²) in [7, 11) is 0. The molecule has 1 unspecified atom stereocenters. The van der Waals surface area contributed by atoms with Gasteiger partial charge in [0.05, 0.1) is 16.8 Å². The lowest BCUT2D eigenvalue weighted by molar-refractivity contribution is -0.925. The molecule has 0 radical (unpaired) electrons. The number of amides is 4. The molecule has 2 aliphatic rings. The number of likely N-dealkylation sites (tertiary alicyclic amines) is 1. The summed E-state index contributed by atoms with van der Waals surface area (Å²) in [5.41, 5.74) is 0.982. The fourth-order valence-electron chi connectivity index (χ4n) is 3.86. The van der Waals surface area contributed by atoms with Crippen LogP contribution in [0.15, 0.2) is 24.3 Å². The summed E-state index contributed by atoms with van der Waals surface area (Å²) >= 11 is 1.67. The SMILES string of the molecule is CC(C)CN1C(=O)C(=O)N(C[NH+]2CCC[C@@H]2c2nc3ccccc3s2)C1=O. The molecule has 7 nitrogen and oxygen atoms in total. The Morgan fingerprint density at radius 3 is 2.67 bits per heavy atom. The van der Waals surface area contributed by atoms with Crippen molar-refractivity contribution >= 4 is 39.4 Å². The van der Waals surface area contributed by atoms with Crippen molar-refractivity contribution in [3.05, 3.63) is 29.3 Å². The molecule has 3 heterocycles. The van der Waals surface area contributed by atoms with E-state index in [1.807, 2.05) is 32.0 Å². The van der Waals surface area contributed by atoms with E-state index in [-0.39, 0.29) is 25.2 Å². The first-order chi connectivity index (χ1) is 13.0. The van der Waals surface area contributed by atoms with E-state index in [4.69, 9.17) is 4.98 Å². The number of para-hydroxylation sites is 1. The molecule has 142 valence electrons. The second kappa shape index (κ2) is 7.01. The fraction of sp³-hybridized carbons (Fsp3) is 0.474. The Morgan fingerprint density at radius 1 is 1.19 bits per heavy atom. The molecule has 8 heteroatoms. The maximum Gasteiger partial charge on any atom is 0.338 e. The van der Waals surface area contributed by atoms with Crippen LogP contribution >= 0.6 is 11.3 Å². The molecule has 0 bridgehead atoms. The topological polar surface area (TPSA) is 75.0 Å². The number of hydrogen-bond acceptors (Lipinski definition) is 5. The number of urea groups is 1. The van der Waals surface area contributed by atoms with Gasteiger partial charge < -0.3 is 4.90 Å². The molecule has 0 aliphatic carbocycles. The number of benzene rings is 1. The van der Waals surface area contributed by atoms with E-state index in [2.05, 4.69) is 6.07 Å². The molecule has 1 aromatic heterocycles. The van der Waals surface area contributed by atoms with Gasteiger partial charge >= 0.3 is 17.8 Å². The van der Waals surface area contributed by atoms with Crippen molar-refractivity contribution in [1.29, 1.82) is 0 Å². The second-order valence-electron chi connectivity index (χ2n) is 7.61. The minimum absolute atomic E-state index is 0.125. The number of nitrogens with zero attached hydrogens (tertiary/aromatic N) is 3. The zero-order valence-corrected chi connectivity index (χ0v) is 16.3. The third-order valence-corrected chi connectivity index (χ3v) is 6.29. The summed E-state index contributed by atoms with van der Waals surface area (Å²) < 4.78 is 1.14. The average Bonchev–Trinajstić information content (AvgIpc) is 3.31. The maximum absolute atomic E-state index is 12.6. The van der Waals surface area contributed by atoms with Crippen LogP contribution in [0.1, 0.15) is 37.7 Å². The van der Waals surface area contributed by atoms with Gasteiger partial charge in [0.1, 0.15) is 6.04 Å². The van der Waals surface area contributed by atoms with Crippen LogP contribution in [0.3, 0.4) is 0 Å². The van der Waals surface area contributed by atoms with Gasteiger partial charge in [-0.25, -0.2) is 14.7 Å². The van der Waals surface area contributed by atoms with E-state index < -0.39 is 17.8 Å². The van der Waals surface area contributed by atoms with Crippen molar-refractivity contribution in [3.8, 4) is 0 Å². The van der Waals surface area contributed by atoms with Gasteiger partial charge in [-0.05, 0) is 18.1 Å². The lowest BCUT2D eigenvalue weighted by atomic mass is 10.2. The first-order valence-corrected chi connectivity index (χ1v) is 10.1. The number of fused-ring (bicyclic) bond motifs is 1. The van der Waals surface area contributed by atoms with Gasteiger partial charge in [-0.3, -0.25) is 14.5 Å². The third-order valence-electron chi connectivity index (χ3n) is 5.14. The molecular weight excluding hydrogens is 364 g/mol. The van der Waals surface area contributed by atoms with E-state index in [1.54, 1.807) is 11.3 Å². The summed E-state index contributed by atoms with van der Waals surface area (Å²) in [6.45, 7) is 5.19. The summed E-state index contributed by atoms with van der Waals surface area (Å²) in [5, 5.41) is 1.04. The molecule has 1 aromatic carbocycles. The Labute approximate surface area is 161 Å². The molecule has 4 amide bonds. The van der Waals surface area contributed by atoms with Crippen molar-refractivity contribution in [2.24, 2.45) is 5.92 Å². The first kappa shape index (κ1) is 18.1. The predicted octanol–water partition coefficient (Wildman–Crippen LogP) is 1.42. The monoisotopic (exact) mass is 387 g/mol. The number of rotatable bonds is 5. The van der Waals surface area contributed by atoms with Crippen LogP contribution in [0, 0.1) is 5.92 Å². The summed E-state index contributed by atoms with van der Waals surface area (Å²) in [5.74, 6) is -1.28. The Hall–Kier alpha value is -2.32. The molecule has 2 aromatic rings. The van der Waals surface area contributed by atoms with Crippen LogP contribution in [0.2, 0.25) is 0 Å². The van der Waals surface area contributed by atoms with Crippen LogP contribution in [-0.2, 0) is 9.59 Å². The molecular formula is C19H23N4O3S+. The van der Waals surface area contributed by atoms with Crippen LogP contribution < -0.4 is 4.90 Å². The van der Waals surface area contributed by atoms with Gasteiger partial charge in [-0.2, -0.15) is 0 Å². The van der Waals surface area contributed by atoms with Gasteiger partial charge in [0.25, 0.3) is 0 Å². The standard InChI is InChI=1S/C19H22N4O3S/c1-12(2)10-22-17(24)18(25)23(19(22)26)11-21-9-5-7-14(21)16-20-13-6-3-4-8-15(13)27-16/h3-4,6,8,12,14H,5,7,9-11H2,1-2H3/p+1/t14-/m1/s1. The quantitative estimate of drug-likeness (QED) is 0.622. The summed E-state index contributed by atoms with van der Waals surface area (Å²) in [6.07, 6.45) is 1.98. The Kier molecular flexibility index (Phi) is 4.69. The molecule has 2 fully saturated rings. The zero-order chi connectivity index (χ0) is 19.1. The number of imide groups is 2. The molecule has 0 saturated carbocycles. The van der Waals surface area contributed by atoms with Crippen molar-refractivity contribution in [3.63, 3.8) is 0 Å². The molecule has 1 N–H and O–H groups in total. The van der Waals surface area contributed by atoms with Gasteiger partial charge in [0.15, 0.2) is 11.7 Å². The highest BCUT2D eigenvalue weighted by Gasteiger charge is 2.47. The highest BCUT2D eigenvalue weighted by molar-refractivity contribution is 7.18. The number of hydrogen-bond donors (Lipinski definition) is 1. The Bertz CT molecular complexity index is 876. The zero-order valence-electron chi connectivity index (χ0n) is 15.5. The molecule has 0 spiro atoms. The molecule has 2 saturated heterocycles. The summed E-state index contributed by atoms with van der Waals surface area (Å²) in [6, 6.07) is 7.70. The molecule has 2 aliphatic heterocycles. The fourth-order valence-corrected chi connectivity index (χ4v) is 5.02. The number of quaternary nitrogens is 1. The second-order valence-corrected chi connectivity index (χ2v) is 8.67. The van der Waals surface area contributed by atoms with Gasteiger partial charge in [0, 0.05) is 19.4 Å².